The number of carbonyl (C=O) groups is 1. The zero-order chi connectivity index (χ0) is 14.7. The minimum Gasteiger partial charge on any atom is -0.487 e. The SMILES string of the molecule is CCOc1cc(N2CCC(=O)C(C)C2)ccc1[N+](=O)[O-]. The van der Waals surface area contributed by atoms with Crippen molar-refractivity contribution in [2.75, 3.05) is 24.6 Å². The molecule has 0 amide bonds. The molecule has 1 fully saturated rings. The van der Waals surface area contributed by atoms with Gasteiger partial charge >= 0.3 is 5.69 Å². The van der Waals surface area contributed by atoms with Gasteiger partial charge in [0, 0.05) is 43.2 Å². The van der Waals surface area contributed by atoms with E-state index in [1.54, 1.807) is 19.1 Å². The van der Waals surface area contributed by atoms with Gasteiger partial charge in [0.25, 0.3) is 0 Å². The average molecular weight is 278 g/mol. The number of nitro groups is 1. The fraction of sp³-hybridized carbons (Fsp3) is 0.500. The molecule has 2 rings (SSSR count). The van der Waals surface area contributed by atoms with Gasteiger partial charge < -0.3 is 9.64 Å². The molecular formula is C14H18N2O4. The van der Waals surface area contributed by atoms with Crippen LogP contribution < -0.4 is 9.64 Å². The van der Waals surface area contributed by atoms with E-state index in [0.29, 0.717) is 26.1 Å². The lowest BCUT2D eigenvalue weighted by Crippen LogP contribution is -2.39. The summed E-state index contributed by atoms with van der Waals surface area (Å²) in [7, 11) is 0. The van der Waals surface area contributed by atoms with Crippen LogP contribution in [-0.4, -0.2) is 30.4 Å². The third-order valence-corrected chi connectivity index (χ3v) is 3.48. The number of piperidine rings is 1. The average Bonchev–Trinajstić information content (AvgIpc) is 2.42. The highest BCUT2D eigenvalue weighted by atomic mass is 16.6. The van der Waals surface area contributed by atoms with Gasteiger partial charge in [-0.3, -0.25) is 14.9 Å². The van der Waals surface area contributed by atoms with Gasteiger partial charge in [-0.1, -0.05) is 6.92 Å². The summed E-state index contributed by atoms with van der Waals surface area (Å²) in [6.45, 7) is 5.36. The Morgan fingerprint density at radius 3 is 2.85 bits per heavy atom. The highest BCUT2D eigenvalue weighted by Crippen LogP contribution is 2.32. The number of Topliss-reactive ketones (excluding diaryl/α,β-unsaturated/α-hetero) is 1. The minimum absolute atomic E-state index is 0.00511. The van der Waals surface area contributed by atoms with Crippen molar-refractivity contribution in [1.29, 1.82) is 0 Å². The van der Waals surface area contributed by atoms with Crippen LogP contribution in [0.3, 0.4) is 0 Å². The molecule has 1 aromatic rings. The number of carbonyl (C=O) groups excluding carboxylic acids is 1. The first-order valence-corrected chi connectivity index (χ1v) is 6.71. The predicted octanol–water partition coefficient (Wildman–Crippen LogP) is 2.41. The molecule has 0 aliphatic carbocycles. The van der Waals surface area contributed by atoms with Gasteiger partial charge in [-0.05, 0) is 13.0 Å². The number of benzene rings is 1. The Kier molecular flexibility index (Phi) is 4.22. The number of hydrogen-bond donors (Lipinski definition) is 0. The quantitative estimate of drug-likeness (QED) is 0.624. The third-order valence-electron chi connectivity index (χ3n) is 3.48. The largest absolute Gasteiger partial charge is 0.487 e. The van der Waals surface area contributed by atoms with Crippen molar-refractivity contribution in [3.05, 3.63) is 28.3 Å². The standard InChI is InChI=1S/C14H18N2O4/c1-3-20-14-8-11(4-5-12(14)16(18)19)15-7-6-13(17)10(2)9-15/h4-5,8,10H,3,6-7,9H2,1-2H3. The van der Waals surface area contributed by atoms with Gasteiger partial charge in [0.05, 0.1) is 11.5 Å². The number of anilines is 1. The van der Waals surface area contributed by atoms with E-state index in [-0.39, 0.29) is 23.1 Å². The summed E-state index contributed by atoms with van der Waals surface area (Å²) in [6, 6.07) is 4.86. The Bertz CT molecular complexity index is 530. The van der Waals surface area contributed by atoms with Crippen LogP contribution in [-0.2, 0) is 4.79 Å². The van der Waals surface area contributed by atoms with Crippen LogP contribution >= 0.6 is 0 Å². The number of rotatable bonds is 4. The van der Waals surface area contributed by atoms with Crippen LogP contribution in [0.5, 0.6) is 5.75 Å². The molecule has 0 radical (unpaired) electrons. The van der Waals surface area contributed by atoms with E-state index in [1.807, 2.05) is 6.92 Å². The van der Waals surface area contributed by atoms with Crippen molar-refractivity contribution in [3.8, 4) is 5.75 Å². The Morgan fingerprint density at radius 2 is 2.25 bits per heavy atom. The van der Waals surface area contributed by atoms with Gasteiger partial charge in [0.2, 0.25) is 0 Å². The molecule has 1 unspecified atom stereocenters. The molecule has 1 heterocycles. The summed E-state index contributed by atoms with van der Waals surface area (Å²) in [5.41, 5.74) is 0.829. The molecule has 1 aliphatic heterocycles. The van der Waals surface area contributed by atoms with Crippen LogP contribution in [0.1, 0.15) is 20.3 Å². The number of nitrogens with zero attached hydrogens (tertiary/aromatic N) is 2. The second-order valence-corrected chi connectivity index (χ2v) is 4.91. The molecule has 0 bridgehead atoms. The zero-order valence-electron chi connectivity index (χ0n) is 11.7. The number of ketones is 1. The van der Waals surface area contributed by atoms with Crippen molar-refractivity contribution in [2.24, 2.45) is 5.92 Å². The lowest BCUT2D eigenvalue weighted by Gasteiger charge is -2.32. The first-order valence-electron chi connectivity index (χ1n) is 6.71. The zero-order valence-corrected chi connectivity index (χ0v) is 11.7. The Labute approximate surface area is 117 Å². The number of ether oxygens (including phenoxy) is 1. The molecule has 0 aromatic heterocycles. The van der Waals surface area contributed by atoms with Crippen LogP contribution in [0, 0.1) is 16.0 Å². The number of nitro benzene ring substituents is 1. The monoisotopic (exact) mass is 278 g/mol. The van der Waals surface area contributed by atoms with E-state index >= 15 is 0 Å². The van der Waals surface area contributed by atoms with E-state index in [0.717, 1.165) is 5.69 Å². The van der Waals surface area contributed by atoms with E-state index in [1.165, 1.54) is 6.07 Å². The molecule has 6 nitrogen and oxygen atoms in total. The van der Waals surface area contributed by atoms with Gasteiger partial charge in [-0.2, -0.15) is 0 Å². The maximum absolute atomic E-state index is 11.5. The molecular weight excluding hydrogens is 260 g/mol. The van der Waals surface area contributed by atoms with E-state index < -0.39 is 4.92 Å². The van der Waals surface area contributed by atoms with Gasteiger partial charge in [0.15, 0.2) is 5.75 Å². The third kappa shape index (κ3) is 2.89. The highest BCUT2D eigenvalue weighted by molar-refractivity contribution is 5.83. The van der Waals surface area contributed by atoms with Crippen LogP contribution in [0.4, 0.5) is 11.4 Å². The van der Waals surface area contributed by atoms with Gasteiger partial charge in [0.1, 0.15) is 5.78 Å². The summed E-state index contributed by atoms with van der Waals surface area (Å²) in [6.07, 6.45) is 0.516. The van der Waals surface area contributed by atoms with Crippen molar-refractivity contribution in [1.82, 2.24) is 0 Å². The molecule has 20 heavy (non-hydrogen) atoms. The molecule has 108 valence electrons. The van der Waals surface area contributed by atoms with E-state index in [4.69, 9.17) is 4.74 Å². The van der Waals surface area contributed by atoms with Crippen molar-refractivity contribution < 1.29 is 14.5 Å². The molecule has 0 spiro atoms. The smallest absolute Gasteiger partial charge is 0.311 e. The fourth-order valence-corrected chi connectivity index (χ4v) is 2.37. The van der Waals surface area contributed by atoms with Crippen LogP contribution in [0.25, 0.3) is 0 Å². The second kappa shape index (κ2) is 5.90. The minimum atomic E-state index is -0.447. The van der Waals surface area contributed by atoms with Crippen molar-refractivity contribution in [2.45, 2.75) is 20.3 Å². The summed E-state index contributed by atoms with van der Waals surface area (Å²) < 4.78 is 5.34. The van der Waals surface area contributed by atoms with Gasteiger partial charge in [-0.15, -0.1) is 0 Å². The maximum atomic E-state index is 11.5. The molecule has 1 aromatic carbocycles. The molecule has 1 atom stereocenters. The van der Waals surface area contributed by atoms with E-state index in [9.17, 15) is 14.9 Å². The van der Waals surface area contributed by atoms with Crippen LogP contribution in [0.15, 0.2) is 18.2 Å². The van der Waals surface area contributed by atoms with Gasteiger partial charge in [-0.25, -0.2) is 0 Å². The Morgan fingerprint density at radius 1 is 1.50 bits per heavy atom. The van der Waals surface area contributed by atoms with Crippen LogP contribution in [0.2, 0.25) is 0 Å². The molecule has 0 N–H and O–H groups in total. The van der Waals surface area contributed by atoms with Crippen molar-refractivity contribution >= 4 is 17.2 Å². The van der Waals surface area contributed by atoms with E-state index in [2.05, 4.69) is 4.90 Å². The summed E-state index contributed by atoms with van der Waals surface area (Å²) in [4.78, 5) is 24.1. The first-order chi connectivity index (χ1) is 9.52. The lowest BCUT2D eigenvalue weighted by atomic mass is 9.98. The molecule has 1 saturated heterocycles. The summed E-state index contributed by atoms with van der Waals surface area (Å²) >= 11 is 0. The topological polar surface area (TPSA) is 72.7 Å². The molecule has 6 heteroatoms. The fourth-order valence-electron chi connectivity index (χ4n) is 2.37. The predicted molar refractivity (Wildman–Crippen MR) is 75.3 cm³/mol. The first kappa shape index (κ1) is 14.3. The summed E-state index contributed by atoms with van der Waals surface area (Å²) in [5, 5.41) is 10.9. The second-order valence-electron chi connectivity index (χ2n) is 4.91. The normalized spacial score (nSPS) is 19.0. The highest BCUT2D eigenvalue weighted by Gasteiger charge is 2.25. The summed E-state index contributed by atoms with van der Waals surface area (Å²) in [5.74, 6) is 0.544. The maximum Gasteiger partial charge on any atom is 0.311 e. The Hall–Kier alpha value is -2.11. The van der Waals surface area contributed by atoms with Crippen molar-refractivity contribution in [3.63, 3.8) is 0 Å². The number of hydrogen-bond acceptors (Lipinski definition) is 5. The Balaban J connectivity index is 2.26. The molecule has 1 aliphatic rings. The molecule has 0 saturated carbocycles. The lowest BCUT2D eigenvalue weighted by molar-refractivity contribution is -0.385.